The number of aliphatic hydroxyl groups is 1. The van der Waals surface area contributed by atoms with Crippen molar-refractivity contribution in [3.63, 3.8) is 0 Å². The van der Waals surface area contributed by atoms with E-state index < -0.39 is 0 Å². The molecule has 3 nitrogen and oxygen atoms in total. The molecule has 16 heavy (non-hydrogen) atoms. The third kappa shape index (κ3) is 2.25. The van der Waals surface area contributed by atoms with Crippen molar-refractivity contribution in [2.45, 2.75) is 6.61 Å². The van der Waals surface area contributed by atoms with Gasteiger partial charge in [0, 0.05) is 11.2 Å². The minimum Gasteiger partial charge on any atom is -0.390 e. The van der Waals surface area contributed by atoms with E-state index in [1.165, 1.54) is 0 Å². The number of aliphatic hydroxyl groups excluding tert-OH is 1. The van der Waals surface area contributed by atoms with Crippen LogP contribution in [0.15, 0.2) is 28.9 Å². The Kier molecular flexibility index (Phi) is 3.54. The maximum Gasteiger partial charge on any atom is 0.102 e. The van der Waals surface area contributed by atoms with Crippen LogP contribution in [-0.4, -0.2) is 14.9 Å². The van der Waals surface area contributed by atoms with E-state index in [0.717, 1.165) is 4.47 Å². The van der Waals surface area contributed by atoms with Gasteiger partial charge in [-0.2, -0.15) is 5.10 Å². The second-order valence-corrected chi connectivity index (χ2v) is 4.82. The van der Waals surface area contributed by atoms with E-state index in [1.807, 2.05) is 0 Å². The summed E-state index contributed by atoms with van der Waals surface area (Å²) in [6, 6.07) is 5.15. The second kappa shape index (κ2) is 4.75. The van der Waals surface area contributed by atoms with E-state index in [2.05, 4.69) is 21.0 Å². The Balaban J connectivity index is 2.50. The lowest BCUT2D eigenvalue weighted by molar-refractivity contribution is 0.275. The van der Waals surface area contributed by atoms with Crippen LogP contribution in [0.5, 0.6) is 0 Å². The van der Waals surface area contributed by atoms with E-state index >= 15 is 0 Å². The summed E-state index contributed by atoms with van der Waals surface area (Å²) < 4.78 is 2.33. The molecular formula is C10H7BrCl2N2O. The standard InChI is InChI=1S/C10H7BrCl2N2O/c11-7-4-15(14-9(7)5-16)10-2-1-6(12)3-8(10)13/h1-4,16H,5H2. The summed E-state index contributed by atoms with van der Waals surface area (Å²) in [5, 5.41) is 14.3. The number of benzene rings is 1. The van der Waals surface area contributed by atoms with Gasteiger partial charge >= 0.3 is 0 Å². The van der Waals surface area contributed by atoms with E-state index in [0.29, 0.717) is 21.4 Å². The van der Waals surface area contributed by atoms with Gasteiger partial charge in [0.15, 0.2) is 0 Å². The first-order valence-electron chi connectivity index (χ1n) is 4.42. The Labute approximate surface area is 111 Å². The van der Waals surface area contributed by atoms with Gasteiger partial charge in [0.25, 0.3) is 0 Å². The zero-order chi connectivity index (χ0) is 11.7. The van der Waals surface area contributed by atoms with Gasteiger partial charge < -0.3 is 5.11 Å². The van der Waals surface area contributed by atoms with Crippen LogP contribution >= 0.6 is 39.1 Å². The fraction of sp³-hybridized carbons (Fsp3) is 0.100. The number of rotatable bonds is 2. The molecule has 0 aliphatic heterocycles. The largest absolute Gasteiger partial charge is 0.390 e. The molecule has 0 saturated heterocycles. The molecule has 0 unspecified atom stereocenters. The second-order valence-electron chi connectivity index (χ2n) is 3.12. The van der Waals surface area contributed by atoms with Gasteiger partial charge in [0.1, 0.15) is 5.69 Å². The lowest BCUT2D eigenvalue weighted by atomic mass is 10.3. The molecule has 1 aromatic carbocycles. The van der Waals surface area contributed by atoms with Gasteiger partial charge in [-0.1, -0.05) is 23.2 Å². The fourth-order valence-electron chi connectivity index (χ4n) is 1.29. The maximum absolute atomic E-state index is 9.03. The molecule has 0 bridgehead atoms. The molecule has 0 aliphatic rings. The molecule has 84 valence electrons. The van der Waals surface area contributed by atoms with Gasteiger partial charge in [0.2, 0.25) is 0 Å². The summed E-state index contributed by atoms with van der Waals surface area (Å²) in [5.41, 5.74) is 1.28. The van der Waals surface area contributed by atoms with Crippen molar-refractivity contribution >= 4 is 39.1 Å². The van der Waals surface area contributed by atoms with Crippen LogP contribution in [-0.2, 0) is 6.61 Å². The molecule has 6 heteroatoms. The van der Waals surface area contributed by atoms with Crippen molar-refractivity contribution in [3.05, 3.63) is 44.6 Å². The van der Waals surface area contributed by atoms with Crippen LogP contribution in [0.3, 0.4) is 0 Å². The number of aromatic nitrogens is 2. The highest BCUT2D eigenvalue weighted by atomic mass is 79.9. The Morgan fingerprint density at radius 1 is 1.38 bits per heavy atom. The third-order valence-corrected chi connectivity index (χ3v) is 3.25. The van der Waals surface area contributed by atoms with Crippen molar-refractivity contribution in [2.75, 3.05) is 0 Å². The summed E-state index contributed by atoms with van der Waals surface area (Å²) in [7, 11) is 0. The molecule has 0 fully saturated rings. The van der Waals surface area contributed by atoms with Crippen LogP contribution in [0.2, 0.25) is 10.0 Å². The zero-order valence-corrected chi connectivity index (χ0v) is 11.1. The number of halogens is 3. The maximum atomic E-state index is 9.03. The highest BCUT2D eigenvalue weighted by molar-refractivity contribution is 9.10. The topological polar surface area (TPSA) is 38.1 Å². The van der Waals surface area contributed by atoms with Gasteiger partial charge in [-0.3, -0.25) is 0 Å². The summed E-state index contributed by atoms with van der Waals surface area (Å²) in [4.78, 5) is 0. The molecule has 0 atom stereocenters. The van der Waals surface area contributed by atoms with E-state index in [9.17, 15) is 0 Å². The summed E-state index contributed by atoms with van der Waals surface area (Å²) >= 11 is 15.2. The highest BCUT2D eigenvalue weighted by Crippen LogP contribution is 2.26. The fourth-order valence-corrected chi connectivity index (χ4v) is 2.18. The Morgan fingerprint density at radius 2 is 2.12 bits per heavy atom. The van der Waals surface area contributed by atoms with E-state index in [4.69, 9.17) is 28.3 Å². The first-order chi connectivity index (χ1) is 7.61. The lowest BCUT2D eigenvalue weighted by Gasteiger charge is -2.03. The van der Waals surface area contributed by atoms with Crippen LogP contribution in [0, 0.1) is 0 Å². The molecule has 0 aliphatic carbocycles. The lowest BCUT2D eigenvalue weighted by Crippen LogP contribution is -1.97. The van der Waals surface area contributed by atoms with Crippen LogP contribution in [0.4, 0.5) is 0 Å². The van der Waals surface area contributed by atoms with Gasteiger partial charge in [-0.15, -0.1) is 0 Å². The van der Waals surface area contributed by atoms with Crippen LogP contribution in [0.25, 0.3) is 5.69 Å². The third-order valence-electron chi connectivity index (χ3n) is 2.05. The van der Waals surface area contributed by atoms with E-state index in [1.54, 1.807) is 29.1 Å². The normalized spacial score (nSPS) is 10.8. The van der Waals surface area contributed by atoms with Crippen molar-refractivity contribution in [3.8, 4) is 5.69 Å². The van der Waals surface area contributed by atoms with E-state index in [-0.39, 0.29) is 6.61 Å². The average Bonchev–Trinajstić information content (AvgIpc) is 2.59. The first kappa shape index (κ1) is 11.9. The minimum atomic E-state index is -0.126. The summed E-state index contributed by atoms with van der Waals surface area (Å²) in [6.45, 7) is -0.126. The molecule has 2 aromatic rings. The molecule has 0 spiro atoms. The Morgan fingerprint density at radius 3 is 2.69 bits per heavy atom. The molecular weight excluding hydrogens is 315 g/mol. The Bertz CT molecular complexity index is 528. The first-order valence-corrected chi connectivity index (χ1v) is 5.97. The van der Waals surface area contributed by atoms with Crippen molar-refractivity contribution < 1.29 is 5.11 Å². The predicted octanol–water partition coefficient (Wildman–Crippen LogP) is 3.43. The van der Waals surface area contributed by atoms with Crippen molar-refractivity contribution in [1.82, 2.24) is 9.78 Å². The predicted molar refractivity (Wildman–Crippen MR) is 67.2 cm³/mol. The molecule has 0 amide bonds. The summed E-state index contributed by atoms with van der Waals surface area (Å²) in [6.07, 6.45) is 1.74. The Hall–Kier alpha value is -0.550. The quantitative estimate of drug-likeness (QED) is 0.920. The number of hydrogen-bond donors (Lipinski definition) is 1. The van der Waals surface area contributed by atoms with Crippen LogP contribution < -0.4 is 0 Å². The van der Waals surface area contributed by atoms with Gasteiger partial charge in [0.05, 0.1) is 21.8 Å². The summed E-state index contributed by atoms with van der Waals surface area (Å²) in [5.74, 6) is 0. The van der Waals surface area contributed by atoms with Crippen LogP contribution in [0.1, 0.15) is 5.69 Å². The SMILES string of the molecule is OCc1nn(-c2ccc(Cl)cc2Cl)cc1Br. The monoisotopic (exact) mass is 320 g/mol. The zero-order valence-electron chi connectivity index (χ0n) is 7.99. The van der Waals surface area contributed by atoms with Crippen molar-refractivity contribution in [2.24, 2.45) is 0 Å². The smallest absolute Gasteiger partial charge is 0.102 e. The average molecular weight is 322 g/mol. The van der Waals surface area contributed by atoms with Gasteiger partial charge in [-0.25, -0.2) is 4.68 Å². The minimum absolute atomic E-state index is 0.126. The van der Waals surface area contributed by atoms with Crippen molar-refractivity contribution in [1.29, 1.82) is 0 Å². The molecule has 1 heterocycles. The molecule has 1 N–H and O–H groups in total. The number of nitrogens with zero attached hydrogens (tertiary/aromatic N) is 2. The molecule has 0 radical (unpaired) electrons. The molecule has 0 saturated carbocycles. The molecule has 1 aromatic heterocycles. The van der Waals surface area contributed by atoms with Gasteiger partial charge in [-0.05, 0) is 34.1 Å². The number of hydrogen-bond acceptors (Lipinski definition) is 2. The highest BCUT2D eigenvalue weighted by Gasteiger charge is 2.09. The molecule has 2 rings (SSSR count).